The normalized spacial score (nSPS) is 48.9. The van der Waals surface area contributed by atoms with Gasteiger partial charge in [0.1, 0.15) is 6.54 Å². The van der Waals surface area contributed by atoms with Crippen LogP contribution in [-0.2, 0) is 9.59 Å². The quantitative estimate of drug-likeness (QED) is 0.370. The maximum atomic E-state index is 13.7. The summed E-state index contributed by atoms with van der Waals surface area (Å²) in [6.07, 6.45) is 9.25. The molecular formula is C32H51NO5. The summed E-state index contributed by atoms with van der Waals surface area (Å²) in [5.41, 5.74) is 0.618. The maximum absolute atomic E-state index is 13.7. The van der Waals surface area contributed by atoms with Crippen molar-refractivity contribution >= 4 is 11.9 Å². The van der Waals surface area contributed by atoms with Crippen molar-refractivity contribution in [2.24, 2.45) is 50.2 Å². The van der Waals surface area contributed by atoms with E-state index < -0.39 is 23.6 Å². The van der Waals surface area contributed by atoms with Crippen LogP contribution in [-0.4, -0.2) is 45.9 Å². The lowest BCUT2D eigenvalue weighted by atomic mass is 9.33. The highest BCUT2D eigenvalue weighted by atomic mass is 16.4. The number of allylic oxidation sites excluding steroid dienone is 2. The number of carboxylic acids is 1. The Kier molecular flexibility index (Phi) is 6.33. The third-order valence-corrected chi connectivity index (χ3v) is 13.4. The number of fused-ring (bicyclic) bond motifs is 7. The van der Waals surface area contributed by atoms with Gasteiger partial charge in [-0.1, -0.05) is 60.1 Å². The lowest BCUT2D eigenvalue weighted by Gasteiger charge is -2.71. The van der Waals surface area contributed by atoms with Gasteiger partial charge in [0.25, 0.3) is 0 Å². The number of hydrogen-bond acceptors (Lipinski definition) is 4. The minimum Gasteiger partial charge on any atom is -0.480 e. The largest absolute Gasteiger partial charge is 0.480 e. The number of rotatable bonds is 3. The van der Waals surface area contributed by atoms with Crippen LogP contribution in [0.4, 0.5) is 0 Å². The highest BCUT2D eigenvalue weighted by Gasteiger charge is 2.69. The molecule has 6 nitrogen and oxygen atoms in total. The Morgan fingerprint density at radius 1 is 0.921 bits per heavy atom. The molecule has 214 valence electrons. The lowest BCUT2D eigenvalue weighted by molar-refractivity contribution is -0.231. The molecule has 4 N–H and O–H groups in total. The van der Waals surface area contributed by atoms with E-state index in [4.69, 9.17) is 0 Å². The summed E-state index contributed by atoms with van der Waals surface area (Å²) in [5, 5.41) is 34.0. The SMILES string of the molecule is CC1(C)CC[C@]2(C(=O)NCC(=O)O)CC[C@]3(C)C(=CC[C@@H]4[C@@]5(C)C[C@@H](O)[C@H](O)C(C)(C)[C@@H]5CC[C@]43C)[C@@H]2C1. The number of amides is 1. The summed E-state index contributed by atoms with van der Waals surface area (Å²) >= 11 is 0. The molecule has 5 aliphatic rings. The number of aliphatic hydroxyl groups is 2. The molecule has 6 heteroatoms. The first-order chi connectivity index (χ1) is 17.4. The minimum absolute atomic E-state index is 0.0334. The van der Waals surface area contributed by atoms with Gasteiger partial charge in [0.05, 0.1) is 17.6 Å². The van der Waals surface area contributed by atoms with E-state index in [9.17, 15) is 24.9 Å². The fourth-order valence-electron chi connectivity index (χ4n) is 11.1. The molecule has 4 saturated carbocycles. The number of aliphatic hydroxyl groups excluding tert-OH is 2. The fourth-order valence-corrected chi connectivity index (χ4v) is 11.1. The van der Waals surface area contributed by atoms with Gasteiger partial charge >= 0.3 is 5.97 Å². The average Bonchev–Trinajstić information content (AvgIpc) is 2.81. The number of carbonyl (C=O) groups excluding carboxylic acids is 1. The number of hydrogen-bond donors (Lipinski definition) is 4. The highest BCUT2D eigenvalue weighted by molar-refractivity contribution is 5.87. The number of carbonyl (C=O) groups is 2. The summed E-state index contributed by atoms with van der Waals surface area (Å²) in [6, 6.07) is 0. The first-order valence-electron chi connectivity index (χ1n) is 15.0. The van der Waals surface area contributed by atoms with Crippen LogP contribution in [0, 0.1) is 50.2 Å². The van der Waals surface area contributed by atoms with Gasteiger partial charge in [-0.25, -0.2) is 0 Å². The molecule has 4 fully saturated rings. The van der Waals surface area contributed by atoms with Gasteiger partial charge in [0, 0.05) is 0 Å². The smallest absolute Gasteiger partial charge is 0.322 e. The molecule has 0 aromatic carbocycles. The molecule has 5 aliphatic carbocycles. The van der Waals surface area contributed by atoms with Crippen LogP contribution in [0.15, 0.2) is 11.6 Å². The van der Waals surface area contributed by atoms with Gasteiger partial charge < -0.3 is 20.6 Å². The number of aliphatic carboxylic acids is 1. The predicted molar refractivity (Wildman–Crippen MR) is 147 cm³/mol. The molecule has 38 heavy (non-hydrogen) atoms. The lowest BCUT2D eigenvalue weighted by Crippen LogP contribution is -2.67. The van der Waals surface area contributed by atoms with E-state index in [-0.39, 0.29) is 45.4 Å². The third-order valence-electron chi connectivity index (χ3n) is 13.4. The second-order valence-corrected chi connectivity index (χ2v) is 16.0. The van der Waals surface area contributed by atoms with Crippen molar-refractivity contribution in [3.05, 3.63) is 11.6 Å². The van der Waals surface area contributed by atoms with Crippen molar-refractivity contribution < 1.29 is 24.9 Å². The van der Waals surface area contributed by atoms with E-state index >= 15 is 0 Å². The van der Waals surface area contributed by atoms with Gasteiger partial charge in [0.15, 0.2) is 0 Å². The van der Waals surface area contributed by atoms with Gasteiger partial charge in [-0.3, -0.25) is 9.59 Å². The zero-order valence-electron chi connectivity index (χ0n) is 24.7. The van der Waals surface area contributed by atoms with Crippen molar-refractivity contribution in [3.8, 4) is 0 Å². The zero-order chi connectivity index (χ0) is 28.1. The molecule has 0 aromatic heterocycles. The number of nitrogens with one attached hydrogen (secondary N) is 1. The molecule has 0 spiro atoms. The van der Waals surface area contributed by atoms with E-state index in [1.807, 2.05) is 0 Å². The van der Waals surface area contributed by atoms with Gasteiger partial charge in [-0.15, -0.1) is 0 Å². The van der Waals surface area contributed by atoms with Crippen LogP contribution >= 0.6 is 0 Å². The van der Waals surface area contributed by atoms with E-state index in [1.165, 1.54) is 5.57 Å². The predicted octanol–water partition coefficient (Wildman–Crippen LogP) is 5.32. The molecule has 5 rings (SSSR count). The summed E-state index contributed by atoms with van der Waals surface area (Å²) in [6.45, 7) is 15.9. The Morgan fingerprint density at radius 2 is 1.58 bits per heavy atom. The van der Waals surface area contributed by atoms with E-state index in [2.05, 4.69) is 59.9 Å². The molecule has 0 aliphatic heterocycles. The minimum atomic E-state index is -0.997. The van der Waals surface area contributed by atoms with Gasteiger partial charge in [-0.2, -0.15) is 0 Å². The van der Waals surface area contributed by atoms with Crippen molar-refractivity contribution in [1.82, 2.24) is 5.32 Å². The maximum Gasteiger partial charge on any atom is 0.322 e. The van der Waals surface area contributed by atoms with Crippen LogP contribution in [0.5, 0.6) is 0 Å². The Morgan fingerprint density at radius 3 is 2.24 bits per heavy atom. The average molecular weight is 530 g/mol. The van der Waals surface area contributed by atoms with Crippen molar-refractivity contribution in [3.63, 3.8) is 0 Å². The molecule has 0 radical (unpaired) electrons. The van der Waals surface area contributed by atoms with E-state index in [0.717, 1.165) is 51.4 Å². The van der Waals surface area contributed by atoms with Crippen molar-refractivity contribution in [2.75, 3.05) is 6.54 Å². The van der Waals surface area contributed by atoms with Crippen LogP contribution in [0.2, 0.25) is 0 Å². The zero-order valence-corrected chi connectivity index (χ0v) is 24.7. The van der Waals surface area contributed by atoms with Crippen LogP contribution in [0.25, 0.3) is 0 Å². The second kappa shape index (κ2) is 8.55. The molecule has 9 atom stereocenters. The molecule has 0 aromatic rings. The Labute approximate surface area is 229 Å². The summed E-state index contributed by atoms with van der Waals surface area (Å²) in [4.78, 5) is 25.0. The van der Waals surface area contributed by atoms with E-state index in [1.54, 1.807) is 0 Å². The summed E-state index contributed by atoms with van der Waals surface area (Å²) in [7, 11) is 0. The fraction of sp³-hybridized carbons (Fsp3) is 0.875. The van der Waals surface area contributed by atoms with Crippen LogP contribution in [0.3, 0.4) is 0 Å². The van der Waals surface area contributed by atoms with Crippen LogP contribution < -0.4 is 5.32 Å². The van der Waals surface area contributed by atoms with Gasteiger partial charge in [-0.05, 0) is 103 Å². The first-order valence-corrected chi connectivity index (χ1v) is 15.0. The van der Waals surface area contributed by atoms with Crippen LogP contribution in [0.1, 0.15) is 106 Å². The van der Waals surface area contributed by atoms with Crippen molar-refractivity contribution in [2.45, 2.75) is 118 Å². The van der Waals surface area contributed by atoms with E-state index in [0.29, 0.717) is 18.3 Å². The topological polar surface area (TPSA) is 107 Å². The molecule has 0 saturated heterocycles. The standard InChI is InChI=1S/C32H51NO5/c1-27(2)12-14-32(26(38)33-18-24(35)36)15-13-30(6)19(20(32)16-27)8-9-23-29(5)17-21(34)25(37)28(3,4)22(29)10-11-31(23,30)7/h8,20-23,25,34,37H,9-18H2,1-7H3,(H,33,38)(H,35,36)/t20-,21+,22-,23+,25-,29-,30+,31+,32-/m0/s1. The first kappa shape index (κ1) is 28.1. The molecule has 1 amide bonds. The second-order valence-electron chi connectivity index (χ2n) is 16.0. The Hall–Kier alpha value is -1.40. The Balaban J connectivity index is 1.57. The molecular weight excluding hydrogens is 478 g/mol. The number of carboxylic acid groups (broad SMARTS) is 1. The highest BCUT2D eigenvalue weighted by Crippen LogP contribution is 2.75. The molecule has 0 heterocycles. The molecule has 0 unspecified atom stereocenters. The Bertz CT molecular complexity index is 1050. The summed E-state index contributed by atoms with van der Waals surface area (Å²) < 4.78 is 0. The molecule has 0 bridgehead atoms. The van der Waals surface area contributed by atoms with Gasteiger partial charge in [0.2, 0.25) is 5.91 Å². The van der Waals surface area contributed by atoms with Crippen molar-refractivity contribution in [1.29, 1.82) is 0 Å². The summed E-state index contributed by atoms with van der Waals surface area (Å²) in [5.74, 6) is -0.199. The monoisotopic (exact) mass is 529 g/mol. The third kappa shape index (κ3) is 3.64.